The second-order valence-electron chi connectivity index (χ2n) is 3.89. The summed E-state index contributed by atoms with van der Waals surface area (Å²) in [6, 6.07) is 0. The van der Waals surface area contributed by atoms with Crippen LogP contribution >= 0.6 is 0 Å². The highest BCUT2D eigenvalue weighted by Gasteiger charge is 2.22. The third-order valence-electron chi connectivity index (χ3n) is 2.67. The molecule has 1 aromatic rings. The quantitative estimate of drug-likeness (QED) is 0.826. The number of primary amides is 1. The first-order valence-electron chi connectivity index (χ1n) is 5.29. The van der Waals surface area contributed by atoms with Crippen molar-refractivity contribution in [3.8, 4) is 0 Å². The van der Waals surface area contributed by atoms with Gasteiger partial charge in [-0.2, -0.15) is 0 Å². The van der Waals surface area contributed by atoms with E-state index >= 15 is 0 Å². The van der Waals surface area contributed by atoms with Gasteiger partial charge in [-0.15, -0.1) is 0 Å². The molecule has 1 aliphatic rings. The molecule has 7 heteroatoms. The van der Waals surface area contributed by atoms with Gasteiger partial charge in [-0.3, -0.25) is 4.79 Å². The van der Waals surface area contributed by atoms with E-state index < -0.39 is 23.6 Å². The van der Waals surface area contributed by atoms with Gasteiger partial charge >= 0.3 is 0 Å². The molecule has 0 spiro atoms. The van der Waals surface area contributed by atoms with Gasteiger partial charge in [0, 0.05) is 13.1 Å². The van der Waals surface area contributed by atoms with Gasteiger partial charge in [-0.05, 0) is 12.8 Å². The van der Waals surface area contributed by atoms with E-state index in [-0.39, 0.29) is 5.95 Å². The van der Waals surface area contributed by atoms with Gasteiger partial charge < -0.3 is 10.6 Å². The molecule has 17 heavy (non-hydrogen) atoms. The number of carbonyl (C=O) groups excluding carboxylic acids is 1. The number of alkyl halides is 1. The Kier molecular flexibility index (Phi) is 3.16. The average Bonchev–Trinajstić information content (AvgIpc) is 2.30. The van der Waals surface area contributed by atoms with Crippen LogP contribution in [-0.2, 0) is 0 Å². The van der Waals surface area contributed by atoms with Crippen molar-refractivity contribution in [3.05, 3.63) is 17.7 Å². The summed E-state index contributed by atoms with van der Waals surface area (Å²) in [6.07, 6.45) is 0.853. The molecule has 0 aliphatic carbocycles. The third kappa shape index (κ3) is 2.48. The van der Waals surface area contributed by atoms with Crippen molar-refractivity contribution in [2.24, 2.45) is 5.73 Å². The summed E-state index contributed by atoms with van der Waals surface area (Å²) >= 11 is 0. The minimum absolute atomic E-state index is 0.215. The molecule has 1 fully saturated rings. The Morgan fingerprint density at radius 2 is 2.12 bits per heavy atom. The SMILES string of the molecule is NC(=O)c1nc(N2CCC(F)CC2)ncc1F. The first-order valence-corrected chi connectivity index (χ1v) is 5.29. The molecule has 1 amide bonds. The lowest BCUT2D eigenvalue weighted by Gasteiger charge is -2.28. The molecule has 92 valence electrons. The number of nitrogens with two attached hydrogens (primary N) is 1. The smallest absolute Gasteiger partial charge is 0.270 e. The van der Waals surface area contributed by atoms with E-state index in [1.54, 1.807) is 4.90 Å². The number of aromatic nitrogens is 2. The lowest BCUT2D eigenvalue weighted by Crippen LogP contribution is -2.36. The number of anilines is 1. The van der Waals surface area contributed by atoms with E-state index in [9.17, 15) is 13.6 Å². The van der Waals surface area contributed by atoms with Crippen molar-refractivity contribution >= 4 is 11.9 Å². The van der Waals surface area contributed by atoms with Crippen LogP contribution in [0.2, 0.25) is 0 Å². The first kappa shape index (κ1) is 11.7. The zero-order chi connectivity index (χ0) is 12.4. The van der Waals surface area contributed by atoms with E-state index in [0.29, 0.717) is 25.9 Å². The molecule has 0 aromatic carbocycles. The highest BCUT2D eigenvalue weighted by Crippen LogP contribution is 2.18. The highest BCUT2D eigenvalue weighted by molar-refractivity contribution is 5.91. The largest absolute Gasteiger partial charge is 0.364 e. The molecular weight excluding hydrogens is 230 g/mol. The number of nitrogens with zero attached hydrogens (tertiary/aromatic N) is 3. The molecule has 0 saturated carbocycles. The fourth-order valence-corrected chi connectivity index (χ4v) is 1.73. The maximum Gasteiger partial charge on any atom is 0.270 e. The molecule has 0 unspecified atom stereocenters. The summed E-state index contributed by atoms with van der Waals surface area (Å²) in [4.78, 5) is 20.2. The molecular formula is C10H12F2N4O. The van der Waals surface area contributed by atoms with E-state index in [1.165, 1.54) is 0 Å². The van der Waals surface area contributed by atoms with Crippen LogP contribution in [-0.4, -0.2) is 35.1 Å². The van der Waals surface area contributed by atoms with Crippen LogP contribution in [0.5, 0.6) is 0 Å². The predicted octanol–water partition coefficient (Wildman–Crippen LogP) is 0.653. The Hall–Kier alpha value is -1.79. The number of hydrogen-bond donors (Lipinski definition) is 1. The van der Waals surface area contributed by atoms with Crippen molar-refractivity contribution in [1.82, 2.24) is 9.97 Å². The lowest BCUT2D eigenvalue weighted by molar-refractivity contribution is 0.0991. The van der Waals surface area contributed by atoms with Gasteiger partial charge in [-0.25, -0.2) is 18.7 Å². The Bertz CT molecular complexity index is 432. The van der Waals surface area contributed by atoms with Crippen LogP contribution in [0.3, 0.4) is 0 Å². The number of amides is 1. The van der Waals surface area contributed by atoms with Crippen LogP contribution in [0, 0.1) is 5.82 Å². The zero-order valence-corrected chi connectivity index (χ0v) is 9.07. The van der Waals surface area contributed by atoms with Crippen molar-refractivity contribution in [3.63, 3.8) is 0 Å². The molecule has 1 aliphatic heterocycles. The molecule has 0 radical (unpaired) electrons. The van der Waals surface area contributed by atoms with E-state index in [4.69, 9.17) is 5.73 Å². The second-order valence-corrected chi connectivity index (χ2v) is 3.89. The van der Waals surface area contributed by atoms with Crippen LogP contribution in [0.4, 0.5) is 14.7 Å². The highest BCUT2D eigenvalue weighted by atomic mass is 19.1. The maximum absolute atomic E-state index is 13.1. The normalized spacial score (nSPS) is 17.2. The molecule has 2 heterocycles. The number of halogens is 2. The minimum Gasteiger partial charge on any atom is -0.364 e. The number of hydrogen-bond acceptors (Lipinski definition) is 4. The van der Waals surface area contributed by atoms with Crippen molar-refractivity contribution in [2.75, 3.05) is 18.0 Å². The fourth-order valence-electron chi connectivity index (χ4n) is 1.73. The monoisotopic (exact) mass is 242 g/mol. The number of rotatable bonds is 2. The van der Waals surface area contributed by atoms with Gasteiger partial charge in [0.2, 0.25) is 5.95 Å². The minimum atomic E-state index is -0.938. The summed E-state index contributed by atoms with van der Waals surface area (Å²) in [6.45, 7) is 0.899. The first-order chi connectivity index (χ1) is 8.08. The molecule has 1 saturated heterocycles. The van der Waals surface area contributed by atoms with Gasteiger partial charge in [0.25, 0.3) is 5.91 Å². The van der Waals surface area contributed by atoms with Gasteiger partial charge in [0.15, 0.2) is 11.5 Å². The standard InChI is InChI=1S/C10H12F2N4O/c11-6-1-3-16(4-2-6)10-14-5-7(12)8(15-10)9(13)17/h5-6H,1-4H2,(H2,13,17). The van der Waals surface area contributed by atoms with Crippen LogP contribution in [0.25, 0.3) is 0 Å². The molecule has 0 bridgehead atoms. The maximum atomic E-state index is 13.1. The molecule has 2 rings (SSSR count). The topological polar surface area (TPSA) is 72.1 Å². The predicted molar refractivity (Wildman–Crippen MR) is 56.9 cm³/mol. The summed E-state index contributed by atoms with van der Waals surface area (Å²) < 4.78 is 26.1. The van der Waals surface area contributed by atoms with Crippen molar-refractivity contribution < 1.29 is 13.6 Å². The second kappa shape index (κ2) is 4.60. The van der Waals surface area contributed by atoms with Crippen molar-refractivity contribution in [2.45, 2.75) is 19.0 Å². The average molecular weight is 242 g/mol. The van der Waals surface area contributed by atoms with E-state index in [2.05, 4.69) is 9.97 Å². The zero-order valence-electron chi connectivity index (χ0n) is 9.07. The van der Waals surface area contributed by atoms with Crippen LogP contribution in [0.15, 0.2) is 6.20 Å². The van der Waals surface area contributed by atoms with Crippen LogP contribution in [0.1, 0.15) is 23.3 Å². The molecule has 5 nitrogen and oxygen atoms in total. The van der Waals surface area contributed by atoms with E-state index in [0.717, 1.165) is 6.20 Å². The molecule has 2 N–H and O–H groups in total. The van der Waals surface area contributed by atoms with E-state index in [1.807, 2.05) is 0 Å². The van der Waals surface area contributed by atoms with Crippen molar-refractivity contribution in [1.29, 1.82) is 0 Å². The molecule has 0 atom stereocenters. The molecule has 1 aromatic heterocycles. The summed E-state index contributed by atoms with van der Waals surface area (Å²) in [5.41, 5.74) is 4.55. The Morgan fingerprint density at radius 1 is 1.47 bits per heavy atom. The number of carbonyl (C=O) groups is 1. The van der Waals surface area contributed by atoms with Gasteiger partial charge in [0.1, 0.15) is 6.17 Å². The Labute approximate surface area is 96.6 Å². The fraction of sp³-hybridized carbons (Fsp3) is 0.500. The third-order valence-corrected chi connectivity index (χ3v) is 2.67. The van der Waals surface area contributed by atoms with Gasteiger partial charge in [-0.1, -0.05) is 0 Å². The summed E-state index contributed by atoms with van der Waals surface area (Å²) in [5, 5.41) is 0. The Morgan fingerprint density at radius 3 is 2.71 bits per heavy atom. The summed E-state index contributed by atoms with van der Waals surface area (Å²) in [7, 11) is 0. The number of piperidine rings is 1. The van der Waals surface area contributed by atoms with Crippen LogP contribution < -0.4 is 10.6 Å². The lowest BCUT2D eigenvalue weighted by atomic mass is 10.1. The summed E-state index contributed by atoms with van der Waals surface area (Å²) in [5.74, 6) is -1.57. The van der Waals surface area contributed by atoms with Gasteiger partial charge in [0.05, 0.1) is 6.20 Å². The Balaban J connectivity index is 2.21.